The Labute approximate surface area is 177 Å². The maximum Gasteiger partial charge on any atom is 0.145 e. The third kappa shape index (κ3) is 13.9. The number of Topliss-reactive ketones (excluding diaryl/α,β-unsaturated/α-hetero) is 4. The van der Waals surface area contributed by atoms with Crippen LogP contribution >= 0.6 is 0 Å². The summed E-state index contributed by atoms with van der Waals surface area (Å²) < 4.78 is 0. The van der Waals surface area contributed by atoms with Crippen molar-refractivity contribution in [1.82, 2.24) is 0 Å². The van der Waals surface area contributed by atoms with Crippen molar-refractivity contribution >= 4 is 23.1 Å². The zero-order chi connectivity index (χ0) is 21.7. The molecule has 0 rings (SSSR count). The molecule has 0 aliphatic heterocycles. The monoisotopic (exact) mass is 424 g/mol. The minimum atomic E-state index is -0.402. The Morgan fingerprint density at radius 3 is 0.593 bits per heavy atom. The third-order valence-corrected chi connectivity index (χ3v) is 3.99. The molecule has 0 N–H and O–H groups in total. The van der Waals surface area contributed by atoms with E-state index in [0.29, 0.717) is 0 Å². The molecule has 0 saturated carbocycles. The summed E-state index contributed by atoms with van der Waals surface area (Å²) in [5.74, 6) is 0.0831. The molecule has 5 heteroatoms. The largest absolute Gasteiger partial charge is 0.299 e. The fourth-order valence-electron chi connectivity index (χ4n) is 1.35. The number of hydrogen-bond donors (Lipinski definition) is 0. The van der Waals surface area contributed by atoms with Crippen LogP contribution in [0.2, 0.25) is 0 Å². The molecular weight excluding hydrogens is 384 g/mol. The molecule has 4 nitrogen and oxygen atoms in total. The van der Waals surface area contributed by atoms with Gasteiger partial charge in [-0.3, -0.25) is 19.2 Å². The maximum absolute atomic E-state index is 11.5. The van der Waals surface area contributed by atoms with E-state index >= 15 is 0 Å². The van der Waals surface area contributed by atoms with Crippen molar-refractivity contribution in [1.29, 1.82) is 0 Å². The fourth-order valence-corrected chi connectivity index (χ4v) is 1.35. The van der Waals surface area contributed by atoms with Crippen LogP contribution in [0.25, 0.3) is 0 Å². The molecule has 0 bridgehead atoms. The Morgan fingerprint density at radius 1 is 0.407 bits per heavy atom. The van der Waals surface area contributed by atoms with Crippen molar-refractivity contribution in [3.63, 3.8) is 0 Å². The minimum Gasteiger partial charge on any atom is -0.299 e. The predicted molar refractivity (Wildman–Crippen MR) is 107 cm³/mol. The van der Waals surface area contributed by atoms with Gasteiger partial charge in [0.15, 0.2) is 0 Å². The first-order chi connectivity index (χ1) is 11.1. The average Bonchev–Trinajstić information content (AvgIpc) is 2.34. The SMILES string of the molecule is CC(C)(C)C(=O)CC(=O)C(C)(C)C.CC(C)(C)C(=O)CC(=O)C(C)(C)C.[Fe]. The van der Waals surface area contributed by atoms with Crippen LogP contribution in [0.15, 0.2) is 0 Å². The van der Waals surface area contributed by atoms with Crippen LogP contribution in [0, 0.1) is 21.7 Å². The van der Waals surface area contributed by atoms with Crippen molar-refractivity contribution in [2.75, 3.05) is 0 Å². The molecule has 0 atom stereocenters. The van der Waals surface area contributed by atoms with E-state index in [4.69, 9.17) is 0 Å². The molecule has 0 radical (unpaired) electrons. The van der Waals surface area contributed by atoms with Crippen LogP contribution in [-0.4, -0.2) is 23.1 Å². The second kappa shape index (κ2) is 10.7. The summed E-state index contributed by atoms with van der Waals surface area (Å²) in [5, 5.41) is 0. The zero-order valence-electron chi connectivity index (χ0n) is 19.4. The summed E-state index contributed by atoms with van der Waals surface area (Å²) in [5.41, 5.74) is -1.61. The van der Waals surface area contributed by atoms with E-state index in [0.717, 1.165) is 0 Å². The molecule has 0 saturated heterocycles. The van der Waals surface area contributed by atoms with Gasteiger partial charge >= 0.3 is 0 Å². The molecule has 0 aromatic carbocycles. The summed E-state index contributed by atoms with van der Waals surface area (Å²) in [4.78, 5) is 46.0. The smallest absolute Gasteiger partial charge is 0.145 e. The number of carbonyl (C=O) groups excluding carboxylic acids is 4. The number of carbonyl (C=O) groups is 4. The van der Waals surface area contributed by atoms with Crippen molar-refractivity contribution in [2.24, 2.45) is 21.7 Å². The molecule has 0 heterocycles. The Kier molecular flexibility index (Phi) is 12.2. The van der Waals surface area contributed by atoms with Gasteiger partial charge in [-0.05, 0) is 0 Å². The molecule has 0 aliphatic rings. The van der Waals surface area contributed by atoms with Gasteiger partial charge in [-0.15, -0.1) is 0 Å². The Hall–Kier alpha value is -0.801. The zero-order valence-corrected chi connectivity index (χ0v) is 20.5. The number of rotatable bonds is 4. The van der Waals surface area contributed by atoms with Crippen LogP contribution in [0.3, 0.4) is 0 Å². The number of hydrogen-bond acceptors (Lipinski definition) is 4. The second-order valence-corrected chi connectivity index (χ2v) is 11.0. The Morgan fingerprint density at radius 2 is 0.519 bits per heavy atom. The summed E-state index contributed by atoms with van der Waals surface area (Å²) in [6.07, 6.45) is 0.125. The standard InChI is InChI=1S/2C11H20O2.Fe/c2*1-10(2,3)8(12)7-9(13)11(4,5)6;/h2*7H2,1-6H3;. The molecule has 0 fully saturated rings. The molecular formula is C22H40FeO4. The van der Waals surface area contributed by atoms with Gasteiger partial charge in [0.2, 0.25) is 0 Å². The quantitative estimate of drug-likeness (QED) is 0.459. The van der Waals surface area contributed by atoms with Crippen LogP contribution in [-0.2, 0) is 36.2 Å². The molecule has 0 aliphatic carbocycles. The topological polar surface area (TPSA) is 68.3 Å². The van der Waals surface area contributed by atoms with E-state index < -0.39 is 21.7 Å². The van der Waals surface area contributed by atoms with Crippen LogP contribution in [0.5, 0.6) is 0 Å². The maximum atomic E-state index is 11.5. The molecule has 0 unspecified atom stereocenters. The fraction of sp³-hybridized carbons (Fsp3) is 0.818. The van der Waals surface area contributed by atoms with Crippen molar-refractivity contribution < 1.29 is 36.2 Å². The van der Waals surface area contributed by atoms with Crippen LogP contribution in [0.1, 0.15) is 95.9 Å². The van der Waals surface area contributed by atoms with E-state index in [9.17, 15) is 19.2 Å². The molecule has 0 spiro atoms. The molecule has 0 aromatic heterocycles. The summed E-state index contributed by atoms with van der Waals surface area (Å²) in [6, 6.07) is 0. The normalized spacial score (nSPS) is 12.3. The van der Waals surface area contributed by atoms with Gasteiger partial charge in [0, 0.05) is 38.7 Å². The molecule has 0 amide bonds. The first kappa shape index (κ1) is 30.9. The van der Waals surface area contributed by atoms with Gasteiger partial charge in [-0.1, -0.05) is 83.1 Å². The van der Waals surface area contributed by atoms with E-state index in [1.54, 1.807) is 0 Å². The first-order valence-electron chi connectivity index (χ1n) is 9.23. The van der Waals surface area contributed by atoms with Crippen LogP contribution < -0.4 is 0 Å². The minimum absolute atomic E-state index is 0. The summed E-state index contributed by atoms with van der Waals surface area (Å²) in [6.45, 7) is 22.1. The van der Waals surface area contributed by atoms with E-state index in [-0.39, 0.29) is 53.0 Å². The van der Waals surface area contributed by atoms with Crippen molar-refractivity contribution in [2.45, 2.75) is 95.9 Å². The Balaban J connectivity index is -0.000000411. The van der Waals surface area contributed by atoms with Crippen molar-refractivity contribution in [3.8, 4) is 0 Å². The number of ketones is 4. The van der Waals surface area contributed by atoms with Crippen LogP contribution in [0.4, 0.5) is 0 Å². The van der Waals surface area contributed by atoms with Crippen molar-refractivity contribution in [3.05, 3.63) is 0 Å². The summed E-state index contributed by atoms with van der Waals surface area (Å²) in [7, 11) is 0. The van der Waals surface area contributed by atoms with Gasteiger partial charge in [-0.25, -0.2) is 0 Å². The third-order valence-electron chi connectivity index (χ3n) is 3.99. The molecule has 0 aromatic rings. The first-order valence-corrected chi connectivity index (χ1v) is 9.23. The second-order valence-electron chi connectivity index (χ2n) is 11.0. The van der Waals surface area contributed by atoms with E-state index in [1.165, 1.54) is 0 Å². The molecule has 27 heavy (non-hydrogen) atoms. The van der Waals surface area contributed by atoms with Gasteiger partial charge < -0.3 is 0 Å². The summed E-state index contributed by atoms with van der Waals surface area (Å²) >= 11 is 0. The van der Waals surface area contributed by atoms with E-state index in [1.807, 2.05) is 83.1 Å². The van der Waals surface area contributed by atoms with Gasteiger partial charge in [0.05, 0.1) is 12.8 Å². The molecule has 160 valence electrons. The Bertz CT molecular complexity index is 435. The predicted octanol–water partition coefficient (Wildman–Crippen LogP) is 5.21. The van der Waals surface area contributed by atoms with Gasteiger partial charge in [-0.2, -0.15) is 0 Å². The van der Waals surface area contributed by atoms with Gasteiger partial charge in [0.1, 0.15) is 23.1 Å². The van der Waals surface area contributed by atoms with E-state index in [2.05, 4.69) is 0 Å². The van der Waals surface area contributed by atoms with Gasteiger partial charge in [0.25, 0.3) is 0 Å². The average molecular weight is 424 g/mol.